The number of hydrogen-bond donors (Lipinski definition) is 5. The van der Waals surface area contributed by atoms with Gasteiger partial charge in [0.2, 0.25) is 21.8 Å². The van der Waals surface area contributed by atoms with Gasteiger partial charge in [0.1, 0.15) is 17.9 Å². The smallest absolute Gasteiger partial charge is 0.242 e. The van der Waals surface area contributed by atoms with Crippen LogP contribution in [0.3, 0.4) is 0 Å². The van der Waals surface area contributed by atoms with Crippen LogP contribution in [0, 0.1) is 11.3 Å². The lowest BCUT2D eigenvalue weighted by atomic mass is 10.0. The summed E-state index contributed by atoms with van der Waals surface area (Å²) in [5.74, 6) is -1.10. The third-order valence-electron chi connectivity index (χ3n) is 5.49. The van der Waals surface area contributed by atoms with E-state index < -0.39 is 28.0 Å². The number of carbonyl (C=O) groups excluding carboxylic acids is 2. The molecule has 2 unspecified atom stereocenters. The normalized spacial score (nSPS) is 13.1. The molecule has 2 aromatic rings. The molecule has 0 aliphatic heterocycles. The van der Waals surface area contributed by atoms with Gasteiger partial charge in [0, 0.05) is 12.1 Å². The molecule has 2 aromatic carbocycles. The van der Waals surface area contributed by atoms with Gasteiger partial charge in [0.15, 0.2) is 0 Å². The molecule has 2 atom stereocenters. The van der Waals surface area contributed by atoms with E-state index in [9.17, 15) is 18.0 Å². The number of nitrogens with one attached hydrogen (secondary N) is 4. The average molecular weight is 516 g/mol. The molecule has 0 radical (unpaired) electrons. The number of nitrogen functional groups attached to an aromatic ring is 1. The number of amides is 2. The van der Waals surface area contributed by atoms with Crippen LogP contribution in [0.25, 0.3) is 0 Å². The van der Waals surface area contributed by atoms with Crippen LogP contribution < -0.4 is 21.1 Å². The summed E-state index contributed by atoms with van der Waals surface area (Å²) in [4.78, 5) is 26.0. The Balaban J connectivity index is 2.05. The average Bonchev–Trinajstić information content (AvgIpc) is 2.81. The summed E-state index contributed by atoms with van der Waals surface area (Å²) in [7, 11) is -3.78. The summed E-state index contributed by atoms with van der Waals surface area (Å²) in [5.41, 5.74) is 7.50. The third-order valence-corrected chi connectivity index (χ3v) is 6.84. The molecule has 2 amide bonds. The van der Waals surface area contributed by atoms with Crippen LogP contribution in [0.1, 0.15) is 56.7 Å². The van der Waals surface area contributed by atoms with Crippen LogP contribution in [-0.2, 0) is 31.9 Å². The number of rotatable bonds is 14. The molecule has 0 aliphatic rings. The molecule has 0 aromatic heterocycles. The molecular weight excluding hydrogens is 478 g/mol. The van der Waals surface area contributed by atoms with Crippen molar-refractivity contribution in [2.45, 2.75) is 64.4 Å². The standard InChI is InChI=1S/C26H37N5O4S/c1-4-8-22(25(32)29-16-19-11-13-21(14-12-19)24(27)28)30-26(33)23(15-18(2)3)31-36(34,35)17-20-9-6-5-7-10-20/h5-7,9-14,18,22-23,31H,4,8,15-17H2,1-3H3,(H3,27,28)(H,29,32)(H,30,33). The first-order valence-corrected chi connectivity index (χ1v) is 13.7. The lowest BCUT2D eigenvalue weighted by molar-refractivity contribution is -0.130. The fraction of sp³-hybridized carbons (Fsp3) is 0.423. The molecule has 0 bridgehead atoms. The van der Waals surface area contributed by atoms with Crippen molar-refractivity contribution in [2.75, 3.05) is 0 Å². The third kappa shape index (κ3) is 9.79. The summed E-state index contributed by atoms with van der Waals surface area (Å²) in [6.45, 7) is 5.95. The van der Waals surface area contributed by atoms with Crippen molar-refractivity contribution in [3.05, 3.63) is 71.3 Å². The molecule has 196 valence electrons. The van der Waals surface area contributed by atoms with E-state index in [-0.39, 0.29) is 30.0 Å². The van der Waals surface area contributed by atoms with Crippen molar-refractivity contribution in [3.63, 3.8) is 0 Å². The number of benzene rings is 2. The zero-order chi connectivity index (χ0) is 26.7. The summed E-state index contributed by atoms with van der Waals surface area (Å²) in [6, 6.07) is 13.9. The molecule has 10 heteroatoms. The molecular formula is C26H37N5O4S. The number of nitrogens with two attached hydrogens (primary N) is 1. The van der Waals surface area contributed by atoms with E-state index in [0.29, 0.717) is 30.4 Å². The van der Waals surface area contributed by atoms with Gasteiger partial charge in [-0.15, -0.1) is 0 Å². The maximum Gasteiger partial charge on any atom is 0.242 e. The van der Waals surface area contributed by atoms with E-state index in [1.807, 2.05) is 20.8 Å². The topological polar surface area (TPSA) is 154 Å². The number of amidine groups is 1. The molecule has 0 heterocycles. The van der Waals surface area contributed by atoms with Crippen molar-refractivity contribution in [3.8, 4) is 0 Å². The van der Waals surface area contributed by atoms with Crippen molar-refractivity contribution >= 4 is 27.7 Å². The molecule has 0 fully saturated rings. The van der Waals surface area contributed by atoms with Crippen LogP contribution in [-0.4, -0.2) is 38.2 Å². The first kappa shape index (κ1) is 29.0. The zero-order valence-corrected chi connectivity index (χ0v) is 21.9. The lowest BCUT2D eigenvalue weighted by Crippen LogP contribution is -2.54. The molecule has 0 aliphatic carbocycles. The molecule has 6 N–H and O–H groups in total. The van der Waals surface area contributed by atoms with E-state index in [4.69, 9.17) is 11.1 Å². The van der Waals surface area contributed by atoms with Crippen molar-refractivity contribution in [1.82, 2.24) is 15.4 Å². The van der Waals surface area contributed by atoms with Gasteiger partial charge in [-0.2, -0.15) is 0 Å². The van der Waals surface area contributed by atoms with Crippen molar-refractivity contribution in [2.24, 2.45) is 11.7 Å². The van der Waals surface area contributed by atoms with E-state index in [2.05, 4.69) is 15.4 Å². The quantitative estimate of drug-likeness (QED) is 0.193. The molecule has 36 heavy (non-hydrogen) atoms. The first-order valence-electron chi connectivity index (χ1n) is 12.1. The van der Waals surface area contributed by atoms with Crippen LogP contribution in [0.2, 0.25) is 0 Å². The maximum absolute atomic E-state index is 13.1. The Bertz CT molecular complexity index is 1120. The second-order valence-electron chi connectivity index (χ2n) is 9.22. The van der Waals surface area contributed by atoms with Gasteiger partial charge in [0.25, 0.3) is 0 Å². The zero-order valence-electron chi connectivity index (χ0n) is 21.1. The van der Waals surface area contributed by atoms with Crippen molar-refractivity contribution < 1.29 is 18.0 Å². The molecule has 2 rings (SSSR count). The Morgan fingerprint density at radius 1 is 0.944 bits per heavy atom. The van der Waals surface area contributed by atoms with Gasteiger partial charge in [-0.1, -0.05) is 81.8 Å². The highest BCUT2D eigenvalue weighted by atomic mass is 32.2. The van der Waals surface area contributed by atoms with Gasteiger partial charge in [-0.25, -0.2) is 13.1 Å². The Kier molecular flexibility index (Phi) is 11.1. The van der Waals surface area contributed by atoms with E-state index in [1.165, 1.54) is 0 Å². The minimum absolute atomic E-state index is 0.0355. The summed E-state index contributed by atoms with van der Waals surface area (Å²) >= 11 is 0. The highest BCUT2D eigenvalue weighted by Gasteiger charge is 2.29. The summed E-state index contributed by atoms with van der Waals surface area (Å²) < 4.78 is 28.1. The fourth-order valence-electron chi connectivity index (χ4n) is 3.68. The highest BCUT2D eigenvalue weighted by Crippen LogP contribution is 2.11. The predicted octanol–water partition coefficient (Wildman–Crippen LogP) is 2.41. The predicted molar refractivity (Wildman–Crippen MR) is 142 cm³/mol. The Morgan fingerprint density at radius 3 is 2.14 bits per heavy atom. The first-order chi connectivity index (χ1) is 17.0. The second kappa shape index (κ2) is 13.7. The maximum atomic E-state index is 13.1. The van der Waals surface area contributed by atoms with Crippen molar-refractivity contribution in [1.29, 1.82) is 5.41 Å². The highest BCUT2D eigenvalue weighted by molar-refractivity contribution is 7.88. The van der Waals surface area contributed by atoms with E-state index >= 15 is 0 Å². The Morgan fingerprint density at radius 2 is 1.58 bits per heavy atom. The SMILES string of the molecule is CCCC(NC(=O)C(CC(C)C)NS(=O)(=O)Cc1ccccc1)C(=O)NCc1ccc(C(=N)N)cc1. The fourth-order valence-corrected chi connectivity index (χ4v) is 5.03. The monoisotopic (exact) mass is 515 g/mol. The van der Waals surface area contributed by atoms with E-state index in [0.717, 1.165) is 5.56 Å². The summed E-state index contributed by atoms with van der Waals surface area (Å²) in [5, 5.41) is 13.0. The van der Waals surface area contributed by atoms with Gasteiger partial charge >= 0.3 is 0 Å². The minimum atomic E-state index is -3.78. The van der Waals surface area contributed by atoms with Crippen LogP contribution in [0.5, 0.6) is 0 Å². The van der Waals surface area contributed by atoms with Crippen LogP contribution in [0.15, 0.2) is 54.6 Å². The molecule has 9 nitrogen and oxygen atoms in total. The van der Waals surface area contributed by atoms with Gasteiger partial charge in [0.05, 0.1) is 5.75 Å². The molecule has 0 saturated heterocycles. The van der Waals surface area contributed by atoms with Gasteiger partial charge in [-0.3, -0.25) is 15.0 Å². The molecule has 0 spiro atoms. The lowest BCUT2D eigenvalue weighted by Gasteiger charge is -2.24. The largest absolute Gasteiger partial charge is 0.384 e. The van der Waals surface area contributed by atoms with Gasteiger partial charge in [-0.05, 0) is 29.9 Å². The number of hydrogen-bond acceptors (Lipinski definition) is 5. The Hall–Kier alpha value is -3.24. The van der Waals surface area contributed by atoms with Gasteiger partial charge < -0.3 is 16.4 Å². The second-order valence-corrected chi connectivity index (χ2v) is 11.0. The van der Waals surface area contributed by atoms with Crippen LogP contribution in [0.4, 0.5) is 0 Å². The van der Waals surface area contributed by atoms with E-state index in [1.54, 1.807) is 54.6 Å². The Labute approximate surface area is 213 Å². The number of carbonyl (C=O) groups is 2. The van der Waals surface area contributed by atoms with Crippen LogP contribution >= 0.6 is 0 Å². The summed E-state index contributed by atoms with van der Waals surface area (Å²) in [6.07, 6.45) is 1.36. The molecule has 0 saturated carbocycles. The number of sulfonamides is 1. The minimum Gasteiger partial charge on any atom is -0.384 e.